The van der Waals surface area contributed by atoms with Crippen LogP contribution >= 0.6 is 22.6 Å². The van der Waals surface area contributed by atoms with Gasteiger partial charge in [-0.15, -0.1) is 0 Å². The zero-order chi connectivity index (χ0) is 18.0. The summed E-state index contributed by atoms with van der Waals surface area (Å²) in [5, 5.41) is 2.59. The van der Waals surface area contributed by atoms with Gasteiger partial charge in [0.1, 0.15) is 12.8 Å². The molecule has 2 heterocycles. The van der Waals surface area contributed by atoms with Crippen molar-refractivity contribution < 1.29 is 13.9 Å². The van der Waals surface area contributed by atoms with E-state index in [1.165, 1.54) is 0 Å². The van der Waals surface area contributed by atoms with Gasteiger partial charge in [-0.1, -0.05) is 6.07 Å². The fourth-order valence-electron chi connectivity index (χ4n) is 2.62. The fourth-order valence-corrected chi connectivity index (χ4v) is 3.17. The van der Waals surface area contributed by atoms with Crippen LogP contribution in [0.15, 0.2) is 40.1 Å². The molecule has 1 N–H and O–H groups in total. The second-order valence-corrected chi connectivity index (χ2v) is 6.83. The molecule has 1 fully saturated rings. The molecule has 0 spiro atoms. The van der Waals surface area contributed by atoms with Crippen LogP contribution in [0.4, 0.5) is 10.1 Å². The second-order valence-electron chi connectivity index (χ2n) is 5.58. The number of nitrogens with one attached hydrogen (secondary N) is 1. The van der Waals surface area contributed by atoms with Crippen LogP contribution in [0.2, 0.25) is 0 Å². The predicted octanol–water partition coefficient (Wildman–Crippen LogP) is 1.70. The van der Waals surface area contributed by atoms with Gasteiger partial charge in [0.05, 0.1) is 6.20 Å². The van der Waals surface area contributed by atoms with Gasteiger partial charge in [0.25, 0.3) is 5.56 Å². The number of rotatable bonds is 4. The first-order valence-corrected chi connectivity index (χ1v) is 8.72. The number of halogens is 2. The summed E-state index contributed by atoms with van der Waals surface area (Å²) in [5.74, 6) is -1.69. The van der Waals surface area contributed by atoms with Crippen LogP contribution in [-0.4, -0.2) is 21.6 Å². The Hall–Kier alpha value is -2.01. The summed E-state index contributed by atoms with van der Waals surface area (Å²) < 4.78 is 21.8. The molecule has 9 heteroatoms. The lowest BCUT2D eigenvalue weighted by Gasteiger charge is -2.15. The molecule has 0 saturated carbocycles. The molecule has 132 valence electrons. The van der Waals surface area contributed by atoms with Crippen LogP contribution in [0.25, 0.3) is 0 Å². The number of hydrogen-bond acceptors (Lipinski definition) is 4. The normalized spacial score (nSPS) is 16.8. The monoisotopic (exact) mass is 459 g/mol. The summed E-state index contributed by atoms with van der Waals surface area (Å²) in [4.78, 5) is 36.6. The molecule has 0 radical (unpaired) electrons. The van der Waals surface area contributed by atoms with E-state index >= 15 is 0 Å². The summed E-state index contributed by atoms with van der Waals surface area (Å²) >= 11 is 2.09. The topological polar surface area (TPSA) is 82.3 Å². The third-order valence-electron chi connectivity index (χ3n) is 3.78. The van der Waals surface area contributed by atoms with Crippen LogP contribution in [0.5, 0.6) is 0 Å². The number of anilines is 1. The highest BCUT2D eigenvalue weighted by Gasteiger charge is 2.22. The maximum Gasteiger partial charge on any atom is 0.333 e. The zero-order valence-electron chi connectivity index (χ0n) is 13.1. The Morgan fingerprint density at radius 2 is 2.20 bits per heavy atom. The van der Waals surface area contributed by atoms with Gasteiger partial charge >= 0.3 is 5.69 Å². The summed E-state index contributed by atoms with van der Waals surface area (Å²) in [7, 11) is 0. The van der Waals surface area contributed by atoms with E-state index in [9.17, 15) is 18.8 Å². The molecular formula is C16H15FIN3O4. The van der Waals surface area contributed by atoms with Crippen LogP contribution in [0.1, 0.15) is 19.1 Å². The third kappa shape index (κ3) is 3.98. The average Bonchev–Trinajstić information content (AvgIpc) is 3.09. The van der Waals surface area contributed by atoms with Crippen molar-refractivity contribution in [2.75, 3.05) is 11.9 Å². The third-order valence-corrected chi connectivity index (χ3v) is 4.45. The number of benzene rings is 1. The molecular weight excluding hydrogens is 444 g/mol. The van der Waals surface area contributed by atoms with E-state index in [2.05, 4.69) is 27.9 Å². The van der Waals surface area contributed by atoms with E-state index in [0.717, 1.165) is 20.8 Å². The zero-order valence-corrected chi connectivity index (χ0v) is 15.2. The van der Waals surface area contributed by atoms with Crippen LogP contribution < -0.4 is 16.6 Å². The molecule has 1 unspecified atom stereocenters. The molecule has 1 saturated heterocycles. The van der Waals surface area contributed by atoms with Gasteiger partial charge in [-0.05, 0) is 53.6 Å². The van der Waals surface area contributed by atoms with E-state index in [0.29, 0.717) is 23.3 Å². The molecule has 2 aromatic rings. The number of ether oxygens (including phenoxy) is 1. The quantitative estimate of drug-likeness (QED) is 0.707. The highest BCUT2D eigenvalue weighted by atomic mass is 127. The first kappa shape index (κ1) is 17.8. The molecule has 3 rings (SSSR count). The average molecular weight is 459 g/mol. The molecule has 1 amide bonds. The lowest BCUT2D eigenvalue weighted by Crippen LogP contribution is -2.44. The van der Waals surface area contributed by atoms with Crippen molar-refractivity contribution in [3.63, 3.8) is 0 Å². The van der Waals surface area contributed by atoms with Gasteiger partial charge < -0.3 is 10.1 Å². The maximum atomic E-state index is 13.9. The standard InChI is InChI=1S/C16H15FIN3O4/c17-12-8-20(14-5-2-6-25-14)16(24)21(15(12)23)9-13(22)19-11-4-1-3-10(18)7-11/h1,3-4,7-8,14H,2,5-6,9H2,(H,19,22). The van der Waals surface area contributed by atoms with Crippen molar-refractivity contribution in [1.82, 2.24) is 9.13 Å². The van der Waals surface area contributed by atoms with Gasteiger partial charge in [-0.25, -0.2) is 9.36 Å². The van der Waals surface area contributed by atoms with E-state index in [1.54, 1.807) is 18.2 Å². The van der Waals surface area contributed by atoms with Crippen LogP contribution in [0, 0.1) is 9.39 Å². The van der Waals surface area contributed by atoms with Gasteiger partial charge in [-0.2, -0.15) is 4.39 Å². The van der Waals surface area contributed by atoms with Crippen molar-refractivity contribution in [1.29, 1.82) is 0 Å². The molecule has 1 atom stereocenters. The predicted molar refractivity (Wildman–Crippen MR) is 96.9 cm³/mol. The summed E-state index contributed by atoms with van der Waals surface area (Å²) in [6.07, 6.45) is 1.51. The Morgan fingerprint density at radius 1 is 1.40 bits per heavy atom. The lowest BCUT2D eigenvalue weighted by atomic mass is 10.3. The molecule has 1 aromatic heterocycles. The van der Waals surface area contributed by atoms with Crippen molar-refractivity contribution in [3.8, 4) is 0 Å². The molecule has 25 heavy (non-hydrogen) atoms. The first-order valence-electron chi connectivity index (χ1n) is 7.64. The van der Waals surface area contributed by atoms with Crippen LogP contribution in [-0.2, 0) is 16.1 Å². The SMILES string of the molecule is O=C(Cn1c(=O)c(F)cn(C2CCCO2)c1=O)Nc1cccc(I)c1. The second kappa shape index (κ2) is 7.48. The van der Waals surface area contributed by atoms with Crippen molar-refractivity contribution in [3.05, 3.63) is 60.7 Å². The number of aromatic nitrogens is 2. The smallest absolute Gasteiger partial charge is 0.333 e. The summed E-state index contributed by atoms with van der Waals surface area (Å²) in [6, 6.07) is 7.03. The summed E-state index contributed by atoms with van der Waals surface area (Å²) in [5.41, 5.74) is -1.37. The van der Waals surface area contributed by atoms with Crippen molar-refractivity contribution >= 4 is 34.2 Å². The van der Waals surface area contributed by atoms with Gasteiger partial charge in [0.15, 0.2) is 0 Å². The van der Waals surface area contributed by atoms with Crippen LogP contribution in [0.3, 0.4) is 0 Å². The molecule has 0 aliphatic carbocycles. The lowest BCUT2D eigenvalue weighted by molar-refractivity contribution is -0.116. The fraction of sp³-hybridized carbons (Fsp3) is 0.312. The van der Waals surface area contributed by atoms with E-state index < -0.39 is 35.7 Å². The van der Waals surface area contributed by atoms with Gasteiger partial charge in [0, 0.05) is 15.9 Å². The van der Waals surface area contributed by atoms with Crippen molar-refractivity contribution in [2.24, 2.45) is 0 Å². The molecule has 1 aliphatic heterocycles. The number of amides is 1. The Balaban J connectivity index is 1.87. The number of carbonyl (C=O) groups excluding carboxylic acids is 1. The summed E-state index contributed by atoms with van der Waals surface area (Å²) in [6.45, 7) is -0.112. The molecule has 1 aliphatic rings. The number of nitrogens with zero attached hydrogens (tertiary/aromatic N) is 2. The van der Waals surface area contributed by atoms with E-state index in [4.69, 9.17) is 4.74 Å². The van der Waals surface area contributed by atoms with E-state index in [1.807, 2.05) is 6.07 Å². The maximum absolute atomic E-state index is 13.9. The Morgan fingerprint density at radius 3 is 2.88 bits per heavy atom. The highest BCUT2D eigenvalue weighted by molar-refractivity contribution is 14.1. The first-order chi connectivity index (χ1) is 12.0. The molecule has 7 nitrogen and oxygen atoms in total. The highest BCUT2D eigenvalue weighted by Crippen LogP contribution is 2.20. The van der Waals surface area contributed by atoms with Gasteiger partial charge in [-0.3, -0.25) is 14.2 Å². The Labute approximate surface area is 155 Å². The number of carbonyl (C=O) groups is 1. The largest absolute Gasteiger partial charge is 0.358 e. The number of hydrogen-bond donors (Lipinski definition) is 1. The molecule has 0 bridgehead atoms. The molecule has 1 aromatic carbocycles. The minimum Gasteiger partial charge on any atom is -0.358 e. The minimum absolute atomic E-state index is 0.463. The van der Waals surface area contributed by atoms with E-state index in [-0.39, 0.29) is 0 Å². The van der Waals surface area contributed by atoms with Crippen molar-refractivity contribution in [2.45, 2.75) is 25.6 Å². The Bertz CT molecular complexity index is 918. The Kier molecular flexibility index (Phi) is 5.33. The minimum atomic E-state index is -1.13. The van der Waals surface area contributed by atoms with Gasteiger partial charge in [0.2, 0.25) is 11.7 Å².